The molecule has 0 bridgehead atoms. The molecule has 1 amide bonds. The van der Waals surface area contributed by atoms with Crippen LogP contribution in [0.3, 0.4) is 0 Å². The molecule has 2 atom stereocenters. The van der Waals surface area contributed by atoms with Crippen LogP contribution in [0.25, 0.3) is 0 Å². The number of amides is 1. The monoisotopic (exact) mass is 437 g/mol. The van der Waals surface area contributed by atoms with Crippen LogP contribution in [0.4, 0.5) is 0 Å². The van der Waals surface area contributed by atoms with Crippen LogP contribution in [0, 0.1) is 0 Å². The molecule has 0 radical (unpaired) electrons. The van der Waals surface area contributed by atoms with Gasteiger partial charge in [0, 0.05) is 38.5 Å². The maximum Gasteiger partial charge on any atom is 0.238 e. The molecule has 1 heterocycles. The number of halogens is 2. The summed E-state index contributed by atoms with van der Waals surface area (Å²) in [5.74, 6) is 0.686. The van der Waals surface area contributed by atoms with E-state index < -0.39 is 5.54 Å². The second-order valence-corrected chi connectivity index (χ2v) is 7.51. The van der Waals surface area contributed by atoms with Crippen LogP contribution >= 0.6 is 24.8 Å². The highest BCUT2D eigenvalue weighted by molar-refractivity contribution is 5.88. The van der Waals surface area contributed by atoms with E-state index in [2.05, 4.69) is 46.6 Å². The zero-order chi connectivity index (χ0) is 18.9. The van der Waals surface area contributed by atoms with E-state index in [-0.39, 0.29) is 36.6 Å². The predicted molar refractivity (Wildman–Crippen MR) is 120 cm³/mol. The third-order valence-electron chi connectivity index (χ3n) is 6.17. The Bertz CT molecular complexity index is 825. The van der Waals surface area contributed by atoms with Crippen molar-refractivity contribution in [3.8, 4) is 5.75 Å². The summed E-state index contributed by atoms with van der Waals surface area (Å²) in [7, 11) is 1.67. The van der Waals surface area contributed by atoms with Crippen LogP contribution in [0.1, 0.15) is 22.6 Å². The highest BCUT2D eigenvalue weighted by atomic mass is 35.5. The molecular formula is C22H29Cl2N3O2. The van der Waals surface area contributed by atoms with E-state index in [0.717, 1.165) is 38.3 Å². The second-order valence-electron chi connectivity index (χ2n) is 7.51. The van der Waals surface area contributed by atoms with Gasteiger partial charge in [0.05, 0.1) is 7.11 Å². The van der Waals surface area contributed by atoms with Gasteiger partial charge < -0.3 is 15.8 Å². The summed E-state index contributed by atoms with van der Waals surface area (Å²) in [6.07, 6.45) is 1.48. The number of carbonyl (C=O) groups is 1. The summed E-state index contributed by atoms with van der Waals surface area (Å²) in [5, 5.41) is 3.39. The molecule has 1 aliphatic heterocycles. The molecule has 7 heteroatoms. The summed E-state index contributed by atoms with van der Waals surface area (Å²) >= 11 is 0. The number of methoxy groups -OCH3 is 1. The van der Waals surface area contributed by atoms with Gasteiger partial charge in [0.25, 0.3) is 0 Å². The SMILES string of the molecule is COc1ccc(CC2c3ccccc3CC2(C(N)=O)N2CCNCC2)cc1.Cl.Cl. The van der Waals surface area contributed by atoms with Crippen molar-refractivity contribution in [1.82, 2.24) is 10.2 Å². The molecule has 2 aliphatic rings. The number of primary amides is 1. The zero-order valence-electron chi connectivity index (χ0n) is 16.6. The van der Waals surface area contributed by atoms with Crippen LogP contribution in [0.15, 0.2) is 48.5 Å². The van der Waals surface area contributed by atoms with Crippen molar-refractivity contribution in [2.45, 2.75) is 24.3 Å². The van der Waals surface area contributed by atoms with E-state index in [9.17, 15) is 4.79 Å². The van der Waals surface area contributed by atoms with Gasteiger partial charge in [-0.15, -0.1) is 24.8 Å². The Morgan fingerprint density at radius 2 is 1.79 bits per heavy atom. The molecule has 2 aromatic rings. The Labute approximate surface area is 184 Å². The quantitative estimate of drug-likeness (QED) is 0.753. The number of ether oxygens (including phenoxy) is 1. The Kier molecular flexibility index (Phi) is 7.94. The minimum absolute atomic E-state index is 0. The summed E-state index contributed by atoms with van der Waals surface area (Å²) < 4.78 is 5.28. The lowest BCUT2D eigenvalue weighted by molar-refractivity contribution is -0.132. The average Bonchev–Trinajstić information content (AvgIpc) is 3.05. The number of piperazine rings is 1. The Morgan fingerprint density at radius 1 is 1.14 bits per heavy atom. The van der Waals surface area contributed by atoms with Gasteiger partial charge in [-0.3, -0.25) is 9.69 Å². The number of nitrogens with two attached hydrogens (primary N) is 1. The lowest BCUT2D eigenvalue weighted by atomic mass is 9.78. The maximum atomic E-state index is 12.9. The molecule has 2 unspecified atom stereocenters. The number of hydrogen-bond acceptors (Lipinski definition) is 4. The number of benzene rings is 2. The van der Waals surface area contributed by atoms with Gasteiger partial charge in [0.2, 0.25) is 5.91 Å². The van der Waals surface area contributed by atoms with Crippen molar-refractivity contribution in [1.29, 1.82) is 0 Å². The number of nitrogens with zero attached hydrogens (tertiary/aromatic N) is 1. The molecule has 3 N–H and O–H groups in total. The first kappa shape index (κ1) is 23.5. The van der Waals surface area contributed by atoms with Gasteiger partial charge in [-0.05, 0) is 35.2 Å². The maximum absolute atomic E-state index is 12.9. The summed E-state index contributed by atoms with van der Waals surface area (Å²) in [5.41, 5.74) is 9.14. The molecule has 4 rings (SSSR count). The highest BCUT2D eigenvalue weighted by Crippen LogP contribution is 2.46. The highest BCUT2D eigenvalue weighted by Gasteiger charge is 2.54. The lowest BCUT2D eigenvalue weighted by Crippen LogP contribution is -2.64. The van der Waals surface area contributed by atoms with Crippen LogP contribution in [0.2, 0.25) is 0 Å². The number of carbonyl (C=O) groups excluding carboxylic acids is 1. The Morgan fingerprint density at radius 3 is 2.41 bits per heavy atom. The molecular weight excluding hydrogens is 409 g/mol. The molecule has 0 aromatic heterocycles. The van der Waals surface area contributed by atoms with Crippen molar-refractivity contribution in [3.05, 3.63) is 65.2 Å². The van der Waals surface area contributed by atoms with E-state index >= 15 is 0 Å². The molecule has 158 valence electrons. The van der Waals surface area contributed by atoms with Crippen LogP contribution in [-0.4, -0.2) is 49.6 Å². The standard InChI is InChI=1S/C22H27N3O2.2ClH/c1-27-18-8-6-16(7-9-18)14-20-19-5-3-2-4-17(19)15-22(20,21(23)26)25-12-10-24-11-13-25;;/h2-9,20,24H,10-15H2,1H3,(H2,23,26);2*1H. The third kappa shape index (κ3) is 4.24. The van der Waals surface area contributed by atoms with E-state index in [0.29, 0.717) is 6.42 Å². The number of nitrogens with one attached hydrogen (secondary N) is 1. The summed E-state index contributed by atoms with van der Waals surface area (Å²) in [6.45, 7) is 3.47. The second kappa shape index (κ2) is 9.81. The number of hydrogen-bond donors (Lipinski definition) is 2. The van der Waals surface area contributed by atoms with Gasteiger partial charge in [0.15, 0.2) is 0 Å². The minimum atomic E-state index is -0.661. The van der Waals surface area contributed by atoms with E-state index in [1.165, 1.54) is 16.7 Å². The van der Waals surface area contributed by atoms with E-state index in [1.54, 1.807) is 7.11 Å². The van der Waals surface area contributed by atoms with Gasteiger partial charge in [-0.2, -0.15) is 0 Å². The predicted octanol–water partition coefficient (Wildman–Crippen LogP) is 2.55. The van der Waals surface area contributed by atoms with Gasteiger partial charge in [-0.1, -0.05) is 36.4 Å². The fraction of sp³-hybridized carbons (Fsp3) is 0.409. The lowest BCUT2D eigenvalue weighted by Gasteiger charge is -2.45. The van der Waals surface area contributed by atoms with E-state index in [4.69, 9.17) is 10.5 Å². The minimum Gasteiger partial charge on any atom is -0.497 e. The van der Waals surface area contributed by atoms with Crippen molar-refractivity contribution in [2.24, 2.45) is 5.73 Å². The summed E-state index contributed by atoms with van der Waals surface area (Å²) in [6, 6.07) is 16.6. The van der Waals surface area contributed by atoms with E-state index in [1.807, 2.05) is 12.1 Å². The van der Waals surface area contributed by atoms with Crippen molar-refractivity contribution >= 4 is 30.7 Å². The molecule has 1 aliphatic carbocycles. The molecule has 2 aromatic carbocycles. The molecule has 5 nitrogen and oxygen atoms in total. The first-order chi connectivity index (χ1) is 13.1. The van der Waals surface area contributed by atoms with Crippen LogP contribution in [0.5, 0.6) is 5.75 Å². The normalized spacial score (nSPS) is 23.4. The fourth-order valence-electron chi connectivity index (χ4n) is 4.79. The largest absolute Gasteiger partial charge is 0.497 e. The average molecular weight is 438 g/mol. The van der Waals surface area contributed by atoms with Crippen molar-refractivity contribution in [2.75, 3.05) is 33.3 Å². The third-order valence-corrected chi connectivity index (χ3v) is 6.17. The number of rotatable bonds is 5. The molecule has 29 heavy (non-hydrogen) atoms. The zero-order valence-corrected chi connectivity index (χ0v) is 18.2. The Hall–Kier alpha value is -1.79. The molecule has 0 saturated carbocycles. The van der Waals surface area contributed by atoms with Gasteiger partial charge >= 0.3 is 0 Å². The van der Waals surface area contributed by atoms with Crippen molar-refractivity contribution in [3.63, 3.8) is 0 Å². The topological polar surface area (TPSA) is 67.6 Å². The van der Waals surface area contributed by atoms with Gasteiger partial charge in [-0.25, -0.2) is 0 Å². The van der Waals surface area contributed by atoms with Gasteiger partial charge in [0.1, 0.15) is 11.3 Å². The van der Waals surface area contributed by atoms with Crippen molar-refractivity contribution < 1.29 is 9.53 Å². The smallest absolute Gasteiger partial charge is 0.238 e. The van der Waals surface area contributed by atoms with Crippen LogP contribution < -0.4 is 15.8 Å². The first-order valence-corrected chi connectivity index (χ1v) is 9.61. The first-order valence-electron chi connectivity index (χ1n) is 9.61. The fourth-order valence-corrected chi connectivity index (χ4v) is 4.79. The van der Waals surface area contributed by atoms with Crippen LogP contribution in [-0.2, 0) is 17.6 Å². The Balaban J connectivity index is 0.00000150. The molecule has 1 fully saturated rings. The number of fused-ring (bicyclic) bond motifs is 1. The molecule has 1 saturated heterocycles. The molecule has 0 spiro atoms. The summed E-state index contributed by atoms with van der Waals surface area (Å²) in [4.78, 5) is 15.3.